The van der Waals surface area contributed by atoms with Gasteiger partial charge in [-0.25, -0.2) is 0 Å². The Labute approximate surface area is 116 Å². The van der Waals surface area contributed by atoms with Crippen molar-refractivity contribution in [3.8, 4) is 0 Å². The van der Waals surface area contributed by atoms with Gasteiger partial charge in [0.2, 0.25) is 5.91 Å². The number of thioether (sulfide) groups is 1. The first-order chi connectivity index (χ1) is 7.46. The number of carbonyl (C=O) groups excluding carboxylic acids is 1. The molecule has 0 radical (unpaired) electrons. The van der Waals surface area contributed by atoms with Gasteiger partial charge in [-0.1, -0.05) is 13.8 Å². The largest absolute Gasteiger partial charge is 0.349 e. The zero-order valence-electron chi connectivity index (χ0n) is 11.4. The zero-order chi connectivity index (χ0) is 12.6. The standard InChI is InChI=1S/C12H26N2OS.ClH/c1-10(2)12(3,9-13)14-11(15)7-5-6-8-16-4;/h10H,5-9,13H2,1-4H3,(H,14,15);1H. The molecular weight excluding hydrogens is 256 g/mol. The molecule has 0 aromatic heterocycles. The summed E-state index contributed by atoms with van der Waals surface area (Å²) in [4.78, 5) is 11.7. The maximum absolute atomic E-state index is 11.7. The van der Waals surface area contributed by atoms with E-state index < -0.39 is 0 Å². The first-order valence-electron chi connectivity index (χ1n) is 5.96. The molecule has 0 aromatic carbocycles. The molecule has 0 rings (SSSR count). The normalized spacial score (nSPS) is 14.0. The quantitative estimate of drug-likeness (QED) is 0.673. The van der Waals surface area contributed by atoms with Crippen molar-refractivity contribution in [1.82, 2.24) is 5.32 Å². The number of rotatable bonds is 8. The topological polar surface area (TPSA) is 55.1 Å². The summed E-state index contributed by atoms with van der Waals surface area (Å²) in [7, 11) is 0. The predicted octanol–water partition coefficient (Wildman–Crippen LogP) is 2.43. The Bertz CT molecular complexity index is 215. The van der Waals surface area contributed by atoms with E-state index in [-0.39, 0.29) is 23.9 Å². The van der Waals surface area contributed by atoms with Gasteiger partial charge in [-0.2, -0.15) is 11.8 Å². The molecule has 5 heteroatoms. The number of nitrogens with two attached hydrogens (primary N) is 1. The lowest BCUT2D eigenvalue weighted by Crippen LogP contribution is -2.54. The van der Waals surface area contributed by atoms with Crippen LogP contribution in [0.15, 0.2) is 0 Å². The molecule has 0 heterocycles. The molecule has 0 bridgehead atoms. The van der Waals surface area contributed by atoms with Gasteiger partial charge in [-0.15, -0.1) is 12.4 Å². The fourth-order valence-electron chi connectivity index (χ4n) is 1.34. The Hall–Kier alpha value is 0.0700. The maximum atomic E-state index is 11.7. The van der Waals surface area contributed by atoms with Crippen molar-refractivity contribution in [3.05, 3.63) is 0 Å². The van der Waals surface area contributed by atoms with Gasteiger partial charge in [0.1, 0.15) is 0 Å². The van der Waals surface area contributed by atoms with Crippen molar-refractivity contribution < 1.29 is 4.79 Å². The summed E-state index contributed by atoms with van der Waals surface area (Å²) in [6.07, 6.45) is 4.77. The molecule has 0 saturated carbocycles. The van der Waals surface area contributed by atoms with Gasteiger partial charge in [-0.05, 0) is 37.7 Å². The maximum Gasteiger partial charge on any atom is 0.220 e. The minimum atomic E-state index is -0.267. The number of hydrogen-bond donors (Lipinski definition) is 2. The second-order valence-electron chi connectivity index (χ2n) is 4.77. The molecule has 0 fully saturated rings. The molecule has 0 aliphatic heterocycles. The number of amides is 1. The van der Waals surface area contributed by atoms with E-state index in [0.717, 1.165) is 18.6 Å². The van der Waals surface area contributed by atoms with Gasteiger partial charge >= 0.3 is 0 Å². The average Bonchev–Trinajstić information content (AvgIpc) is 2.24. The van der Waals surface area contributed by atoms with Crippen molar-refractivity contribution in [2.24, 2.45) is 11.7 Å². The Morgan fingerprint density at radius 3 is 2.41 bits per heavy atom. The highest BCUT2D eigenvalue weighted by Gasteiger charge is 2.27. The van der Waals surface area contributed by atoms with Crippen LogP contribution in [0.4, 0.5) is 0 Å². The lowest BCUT2D eigenvalue weighted by Gasteiger charge is -2.33. The highest BCUT2D eigenvalue weighted by atomic mass is 35.5. The molecule has 0 aliphatic carbocycles. The summed E-state index contributed by atoms with van der Waals surface area (Å²) in [5, 5.41) is 3.05. The molecule has 1 amide bonds. The van der Waals surface area contributed by atoms with Crippen LogP contribution in [0, 0.1) is 5.92 Å². The summed E-state index contributed by atoms with van der Waals surface area (Å²) in [5.41, 5.74) is 5.45. The first kappa shape index (κ1) is 19.4. The summed E-state index contributed by atoms with van der Waals surface area (Å²) >= 11 is 1.82. The molecule has 0 aromatic rings. The lowest BCUT2D eigenvalue weighted by atomic mass is 9.88. The molecule has 1 atom stereocenters. The van der Waals surface area contributed by atoms with Gasteiger partial charge in [0.25, 0.3) is 0 Å². The second kappa shape index (κ2) is 10.0. The van der Waals surface area contributed by atoms with Gasteiger partial charge in [-0.3, -0.25) is 4.79 Å². The first-order valence-corrected chi connectivity index (χ1v) is 7.35. The third kappa shape index (κ3) is 7.90. The van der Waals surface area contributed by atoms with Crippen LogP contribution >= 0.6 is 24.2 Å². The van der Waals surface area contributed by atoms with E-state index in [1.807, 2.05) is 18.7 Å². The van der Waals surface area contributed by atoms with Crippen LogP contribution in [-0.2, 0) is 4.79 Å². The molecule has 104 valence electrons. The zero-order valence-corrected chi connectivity index (χ0v) is 13.0. The third-order valence-corrected chi connectivity index (χ3v) is 3.82. The summed E-state index contributed by atoms with van der Waals surface area (Å²) < 4.78 is 0. The van der Waals surface area contributed by atoms with Crippen LogP contribution in [0.25, 0.3) is 0 Å². The van der Waals surface area contributed by atoms with Crippen molar-refractivity contribution in [1.29, 1.82) is 0 Å². The van der Waals surface area contributed by atoms with Crippen molar-refractivity contribution in [2.75, 3.05) is 18.6 Å². The van der Waals surface area contributed by atoms with Crippen LogP contribution in [0.3, 0.4) is 0 Å². The second-order valence-corrected chi connectivity index (χ2v) is 5.76. The number of nitrogens with one attached hydrogen (secondary N) is 1. The highest BCUT2D eigenvalue weighted by Crippen LogP contribution is 2.15. The minimum absolute atomic E-state index is 0. The van der Waals surface area contributed by atoms with Gasteiger partial charge in [0, 0.05) is 13.0 Å². The van der Waals surface area contributed by atoms with E-state index in [0.29, 0.717) is 18.9 Å². The molecule has 3 N–H and O–H groups in total. The SMILES string of the molecule is CSCCCCC(=O)NC(C)(CN)C(C)C.Cl. The third-order valence-electron chi connectivity index (χ3n) is 3.13. The number of halogens is 1. The average molecular weight is 283 g/mol. The monoisotopic (exact) mass is 282 g/mol. The summed E-state index contributed by atoms with van der Waals surface area (Å²) in [6, 6.07) is 0. The smallest absolute Gasteiger partial charge is 0.220 e. The van der Waals surface area contributed by atoms with Crippen molar-refractivity contribution in [3.63, 3.8) is 0 Å². The molecule has 0 spiro atoms. The van der Waals surface area contributed by atoms with Crippen LogP contribution in [0.2, 0.25) is 0 Å². The van der Waals surface area contributed by atoms with E-state index in [1.165, 1.54) is 0 Å². The molecular formula is C12H27ClN2OS. The fraction of sp³-hybridized carbons (Fsp3) is 0.917. The molecule has 0 saturated heterocycles. The van der Waals surface area contributed by atoms with Gasteiger partial charge < -0.3 is 11.1 Å². The summed E-state index contributed by atoms with van der Waals surface area (Å²) in [6.45, 7) is 6.67. The Morgan fingerprint density at radius 2 is 2.00 bits per heavy atom. The number of unbranched alkanes of at least 4 members (excludes halogenated alkanes) is 1. The number of hydrogen-bond acceptors (Lipinski definition) is 3. The Morgan fingerprint density at radius 1 is 1.41 bits per heavy atom. The molecule has 17 heavy (non-hydrogen) atoms. The van der Waals surface area contributed by atoms with E-state index in [2.05, 4.69) is 25.4 Å². The lowest BCUT2D eigenvalue weighted by molar-refractivity contribution is -0.123. The van der Waals surface area contributed by atoms with Crippen molar-refractivity contribution in [2.45, 2.75) is 45.6 Å². The van der Waals surface area contributed by atoms with E-state index in [1.54, 1.807) is 0 Å². The molecule has 3 nitrogen and oxygen atoms in total. The van der Waals surface area contributed by atoms with Gasteiger partial charge in [0.05, 0.1) is 5.54 Å². The van der Waals surface area contributed by atoms with Crippen molar-refractivity contribution >= 4 is 30.1 Å². The molecule has 1 unspecified atom stereocenters. The van der Waals surface area contributed by atoms with Crippen LogP contribution < -0.4 is 11.1 Å². The Kier molecular flexibility index (Phi) is 11.5. The van der Waals surface area contributed by atoms with E-state index >= 15 is 0 Å². The minimum Gasteiger partial charge on any atom is -0.349 e. The van der Waals surface area contributed by atoms with E-state index in [4.69, 9.17) is 5.73 Å². The van der Waals surface area contributed by atoms with E-state index in [9.17, 15) is 4.79 Å². The van der Waals surface area contributed by atoms with Gasteiger partial charge in [0.15, 0.2) is 0 Å². The Balaban J connectivity index is 0. The number of carbonyl (C=O) groups is 1. The van der Waals surface area contributed by atoms with Crippen LogP contribution in [0.1, 0.15) is 40.0 Å². The predicted molar refractivity (Wildman–Crippen MR) is 79.9 cm³/mol. The summed E-state index contributed by atoms with van der Waals surface area (Å²) in [5.74, 6) is 1.61. The molecule has 0 aliphatic rings. The van der Waals surface area contributed by atoms with Crippen LogP contribution in [0.5, 0.6) is 0 Å². The highest BCUT2D eigenvalue weighted by molar-refractivity contribution is 7.98. The fourth-order valence-corrected chi connectivity index (χ4v) is 1.84. The van der Waals surface area contributed by atoms with Crippen LogP contribution in [-0.4, -0.2) is 30.0 Å².